The fourth-order valence-corrected chi connectivity index (χ4v) is 6.90. The van der Waals surface area contributed by atoms with Crippen LogP contribution in [0.4, 0.5) is 8.63 Å². The Morgan fingerprint density at radius 1 is 0.957 bits per heavy atom. The molecule has 2 aliphatic rings. The molecule has 1 amide bonds. The van der Waals surface area contributed by atoms with Crippen LogP contribution < -0.4 is 5.32 Å². The predicted molar refractivity (Wildman–Crippen MR) is 177 cm³/mol. The number of unbranched alkanes of at least 4 members (excludes halogenated alkanes) is 8. The summed E-state index contributed by atoms with van der Waals surface area (Å²) in [5, 5.41) is 12.5. The molecular weight excluding hydrogens is 634 g/mol. The van der Waals surface area contributed by atoms with Crippen molar-refractivity contribution >= 4 is 38.0 Å². The number of carbonyl (C=O) groups is 2. The number of esters is 1. The van der Waals surface area contributed by atoms with Crippen molar-refractivity contribution in [1.29, 1.82) is 0 Å². The minimum atomic E-state index is -4.67. The number of halogens is 2. The van der Waals surface area contributed by atoms with E-state index < -0.39 is 33.5 Å². The highest BCUT2D eigenvalue weighted by molar-refractivity contribution is 7.46. The van der Waals surface area contributed by atoms with Crippen LogP contribution in [0.5, 0.6) is 0 Å². The first-order valence-corrected chi connectivity index (χ1v) is 18.2. The summed E-state index contributed by atoms with van der Waals surface area (Å²) in [5.74, 6) is -0.485. The Balaban J connectivity index is 1.23. The first kappa shape index (κ1) is 38.8. The summed E-state index contributed by atoms with van der Waals surface area (Å²) >= 11 is 0. The lowest BCUT2D eigenvalue weighted by Crippen LogP contribution is -2.51. The van der Waals surface area contributed by atoms with Crippen LogP contribution in [0.1, 0.15) is 114 Å². The third-order valence-corrected chi connectivity index (χ3v) is 9.10. The maximum Gasteiger partial charge on any atom is 0.737 e. The molecule has 2 aliphatic heterocycles. The van der Waals surface area contributed by atoms with Crippen LogP contribution in [0.3, 0.4) is 0 Å². The number of nitrogens with zero attached hydrogens (tertiary/aromatic N) is 2. The Hall–Kier alpha value is -2.64. The van der Waals surface area contributed by atoms with Crippen molar-refractivity contribution in [2.24, 2.45) is 0 Å². The van der Waals surface area contributed by atoms with Gasteiger partial charge in [0.05, 0.1) is 6.61 Å². The van der Waals surface area contributed by atoms with Gasteiger partial charge in [-0.25, -0.2) is 4.57 Å². The summed E-state index contributed by atoms with van der Waals surface area (Å²) in [6, 6.07) is 1.82. The van der Waals surface area contributed by atoms with Gasteiger partial charge in [-0.15, -0.1) is 0 Å². The molecule has 1 aromatic rings. The molecule has 47 heavy (non-hydrogen) atoms. The molecule has 0 bridgehead atoms. The molecule has 4 N–H and O–H groups in total. The number of carbonyl (C=O) groups excluding carboxylic acids is 2. The first-order chi connectivity index (χ1) is 22.1. The summed E-state index contributed by atoms with van der Waals surface area (Å²) in [5.41, 5.74) is 4.80. The van der Waals surface area contributed by atoms with Gasteiger partial charge in [0.15, 0.2) is 5.70 Å². The third kappa shape index (κ3) is 11.2. The fourth-order valence-electron chi connectivity index (χ4n) is 6.53. The van der Waals surface area contributed by atoms with Gasteiger partial charge in [0, 0.05) is 49.2 Å². The lowest BCUT2D eigenvalue weighted by atomic mass is 9.84. The molecular formula is C32H51BF2N3O8P. The second kappa shape index (κ2) is 17.7. The van der Waals surface area contributed by atoms with E-state index in [0.717, 1.165) is 68.1 Å². The second-order valence-corrected chi connectivity index (χ2v) is 13.9. The lowest BCUT2D eigenvalue weighted by Gasteiger charge is -2.34. The van der Waals surface area contributed by atoms with Crippen LogP contribution in [0.25, 0.3) is 5.57 Å². The van der Waals surface area contributed by atoms with Gasteiger partial charge in [-0.3, -0.25) is 14.1 Å². The molecule has 0 aromatic carbocycles. The summed E-state index contributed by atoms with van der Waals surface area (Å²) in [6.07, 6.45) is 11.0. The summed E-state index contributed by atoms with van der Waals surface area (Å²) in [7, 11) is -4.67. The van der Waals surface area contributed by atoms with Crippen molar-refractivity contribution in [2.75, 3.05) is 19.8 Å². The third-order valence-electron chi connectivity index (χ3n) is 8.61. The van der Waals surface area contributed by atoms with E-state index in [2.05, 4.69) is 9.84 Å². The SMILES string of the molecule is CC1=CC(C)=[N+]2C1=C(CCCC(=O)NCCCCCCCCCCCC(=O)OC[C@H](O)COP(=O)(O)O)c1c(C)cc(C)n1[B-]2(F)F. The van der Waals surface area contributed by atoms with Gasteiger partial charge in [-0.2, -0.15) is 0 Å². The van der Waals surface area contributed by atoms with Crippen molar-refractivity contribution in [1.82, 2.24) is 9.79 Å². The van der Waals surface area contributed by atoms with Gasteiger partial charge < -0.3 is 42.5 Å². The molecule has 0 unspecified atom stereocenters. The monoisotopic (exact) mass is 685 g/mol. The highest BCUT2D eigenvalue weighted by Crippen LogP contribution is 2.43. The van der Waals surface area contributed by atoms with E-state index in [0.29, 0.717) is 55.0 Å². The van der Waals surface area contributed by atoms with E-state index in [9.17, 15) is 19.3 Å². The number of allylic oxidation sites excluding steroid dienone is 3. The van der Waals surface area contributed by atoms with Crippen molar-refractivity contribution in [3.05, 3.63) is 40.4 Å². The Bertz CT molecular complexity index is 1420. The molecule has 0 aliphatic carbocycles. The zero-order chi connectivity index (χ0) is 34.8. The molecule has 264 valence electrons. The number of aliphatic hydroxyl groups is 1. The molecule has 1 atom stereocenters. The number of aliphatic hydroxyl groups excluding tert-OH is 1. The molecule has 0 fully saturated rings. The number of fused-ring (bicyclic) bond motifs is 2. The van der Waals surface area contributed by atoms with Crippen molar-refractivity contribution in [3.63, 3.8) is 0 Å². The minimum Gasteiger partial charge on any atom is -0.463 e. The standard InChI is InChI=1S/C32H51BF2N3O8P/c1-23-19-25(3)37-31(23)28(32-24(2)20-26(4)38(32)33(37,34)35)15-14-16-29(40)36-18-13-11-9-7-5-6-8-10-12-17-30(41)45-21-27(39)22-46-47(42,43)44/h19-20,27,39H,5-18,21-22H2,1-4H3,(H,36,40)(H2,42,43,44)/t27-/m0/s1. The van der Waals surface area contributed by atoms with Crippen LogP contribution in [0, 0.1) is 13.8 Å². The number of amides is 1. The van der Waals surface area contributed by atoms with E-state index >= 15 is 8.63 Å². The van der Waals surface area contributed by atoms with Crippen LogP contribution in [0.15, 0.2) is 23.4 Å². The molecule has 0 radical (unpaired) electrons. The number of aryl methyl sites for hydroxylation is 2. The zero-order valence-corrected chi connectivity index (χ0v) is 29.0. The minimum absolute atomic E-state index is 0.0171. The molecule has 3 heterocycles. The van der Waals surface area contributed by atoms with E-state index in [1.807, 2.05) is 26.0 Å². The Kier molecular flexibility index (Phi) is 14.6. The highest BCUT2D eigenvalue weighted by atomic mass is 31.2. The molecule has 3 rings (SSSR count). The number of rotatable bonds is 21. The van der Waals surface area contributed by atoms with E-state index in [1.54, 1.807) is 13.8 Å². The normalized spacial score (nSPS) is 16.2. The fraction of sp³-hybridized carbons (Fsp3) is 0.656. The quantitative estimate of drug-likeness (QED) is 0.0559. The molecule has 0 saturated carbocycles. The van der Waals surface area contributed by atoms with E-state index in [4.69, 9.17) is 14.5 Å². The molecule has 11 nitrogen and oxygen atoms in total. The number of ether oxygens (including phenoxy) is 1. The number of phosphoric acid groups is 1. The number of hydrogen-bond acceptors (Lipinski definition) is 6. The number of nitrogens with one attached hydrogen (secondary N) is 1. The Labute approximate surface area is 276 Å². The topological polar surface area (TPSA) is 150 Å². The smallest absolute Gasteiger partial charge is 0.463 e. The summed E-state index contributed by atoms with van der Waals surface area (Å²) in [6.45, 7) is 2.84. The van der Waals surface area contributed by atoms with Crippen molar-refractivity contribution in [3.8, 4) is 0 Å². The van der Waals surface area contributed by atoms with Crippen molar-refractivity contribution in [2.45, 2.75) is 117 Å². The average Bonchev–Trinajstić information content (AvgIpc) is 3.47. The predicted octanol–water partition coefficient (Wildman–Crippen LogP) is 5.69. The molecule has 0 saturated heterocycles. The van der Waals surface area contributed by atoms with Crippen molar-refractivity contribution < 1.29 is 51.4 Å². The number of phosphoric ester groups is 1. The van der Waals surface area contributed by atoms with E-state index in [1.165, 1.54) is 8.96 Å². The van der Waals surface area contributed by atoms with Gasteiger partial charge in [-0.05, 0) is 63.8 Å². The number of hydrogen-bond donors (Lipinski definition) is 4. The van der Waals surface area contributed by atoms with Gasteiger partial charge in [-0.1, -0.05) is 44.9 Å². The average molecular weight is 686 g/mol. The van der Waals surface area contributed by atoms with Gasteiger partial charge in [0.1, 0.15) is 18.4 Å². The Morgan fingerprint density at radius 2 is 1.57 bits per heavy atom. The van der Waals surface area contributed by atoms with Crippen LogP contribution in [-0.2, 0) is 23.4 Å². The van der Waals surface area contributed by atoms with Crippen LogP contribution in [-0.4, -0.2) is 74.3 Å². The Morgan fingerprint density at radius 3 is 2.21 bits per heavy atom. The largest absolute Gasteiger partial charge is 0.737 e. The number of aromatic nitrogens is 1. The highest BCUT2D eigenvalue weighted by Gasteiger charge is 2.54. The van der Waals surface area contributed by atoms with Gasteiger partial charge >= 0.3 is 20.8 Å². The van der Waals surface area contributed by atoms with Crippen LogP contribution >= 0.6 is 7.82 Å². The lowest BCUT2D eigenvalue weighted by molar-refractivity contribution is -0.363. The molecule has 1 aromatic heterocycles. The maximum atomic E-state index is 15.7. The van der Waals surface area contributed by atoms with Crippen LogP contribution in [0.2, 0.25) is 0 Å². The zero-order valence-electron chi connectivity index (χ0n) is 28.1. The van der Waals surface area contributed by atoms with Gasteiger partial charge in [0.25, 0.3) is 0 Å². The van der Waals surface area contributed by atoms with E-state index in [-0.39, 0.29) is 18.9 Å². The molecule has 15 heteroatoms. The maximum absolute atomic E-state index is 15.7. The summed E-state index contributed by atoms with van der Waals surface area (Å²) < 4.78 is 53.4. The van der Waals surface area contributed by atoms with Gasteiger partial charge in [0.2, 0.25) is 5.91 Å². The molecule has 0 spiro atoms. The second-order valence-electron chi connectivity index (χ2n) is 12.7. The first-order valence-electron chi connectivity index (χ1n) is 16.7. The summed E-state index contributed by atoms with van der Waals surface area (Å²) in [4.78, 5) is 41.4.